The Morgan fingerprint density at radius 1 is 1.12 bits per heavy atom. The molecule has 0 fully saturated rings. The van der Waals surface area contributed by atoms with E-state index in [9.17, 15) is 4.79 Å². The van der Waals surface area contributed by atoms with Gasteiger partial charge in [0.1, 0.15) is 0 Å². The molecule has 0 atom stereocenters. The summed E-state index contributed by atoms with van der Waals surface area (Å²) in [6.07, 6.45) is 3.48. The van der Waals surface area contributed by atoms with Gasteiger partial charge in [-0.1, -0.05) is 55.8 Å². The number of carbonyl (C=O) groups is 1. The zero-order chi connectivity index (χ0) is 18.5. The molecule has 3 rings (SSSR count). The van der Waals surface area contributed by atoms with E-state index in [-0.39, 0.29) is 5.91 Å². The van der Waals surface area contributed by atoms with Gasteiger partial charge in [0, 0.05) is 13.6 Å². The van der Waals surface area contributed by atoms with Crippen LogP contribution in [0.15, 0.2) is 60.8 Å². The average molecular weight is 347 g/mol. The highest BCUT2D eigenvalue weighted by molar-refractivity contribution is 5.95. The lowest BCUT2D eigenvalue weighted by molar-refractivity contribution is 0.0784. The summed E-state index contributed by atoms with van der Waals surface area (Å²) in [6, 6.07) is 18.2. The number of carbonyl (C=O) groups excluding carboxylic acids is 1. The number of aromatic nitrogens is 2. The fourth-order valence-corrected chi connectivity index (χ4v) is 3.15. The predicted molar refractivity (Wildman–Crippen MR) is 105 cm³/mol. The van der Waals surface area contributed by atoms with Crippen molar-refractivity contribution in [1.82, 2.24) is 14.7 Å². The van der Waals surface area contributed by atoms with Crippen LogP contribution in [0.4, 0.5) is 0 Å². The van der Waals surface area contributed by atoms with Crippen LogP contribution < -0.4 is 0 Å². The van der Waals surface area contributed by atoms with Crippen molar-refractivity contribution in [2.75, 3.05) is 7.05 Å². The molecule has 0 aliphatic rings. The first-order valence-electron chi connectivity index (χ1n) is 9.03. The van der Waals surface area contributed by atoms with Crippen molar-refractivity contribution < 1.29 is 4.79 Å². The normalized spacial score (nSPS) is 10.7. The minimum Gasteiger partial charge on any atom is -0.337 e. The van der Waals surface area contributed by atoms with Gasteiger partial charge in [-0.15, -0.1) is 0 Å². The molecule has 0 aliphatic carbocycles. The van der Waals surface area contributed by atoms with Gasteiger partial charge in [-0.2, -0.15) is 5.10 Å². The van der Waals surface area contributed by atoms with Crippen LogP contribution >= 0.6 is 0 Å². The molecule has 1 amide bonds. The number of amides is 1. The van der Waals surface area contributed by atoms with Crippen LogP contribution in [-0.2, 0) is 13.0 Å². The van der Waals surface area contributed by atoms with E-state index < -0.39 is 0 Å². The van der Waals surface area contributed by atoms with Gasteiger partial charge < -0.3 is 4.90 Å². The highest BCUT2D eigenvalue weighted by Gasteiger charge is 2.21. The van der Waals surface area contributed by atoms with Crippen LogP contribution in [-0.4, -0.2) is 27.6 Å². The summed E-state index contributed by atoms with van der Waals surface area (Å²) < 4.78 is 1.90. The standard InChI is InChI=1S/C22H25N3O/c1-4-9-21-20(15-23-25(21)19-13-8-10-17(2)14-19)22(26)24(3)16-18-11-6-5-7-12-18/h5-8,10-15H,4,9,16H2,1-3H3. The van der Waals surface area contributed by atoms with Crippen molar-refractivity contribution in [3.05, 3.63) is 83.2 Å². The number of rotatable bonds is 6. The second-order valence-corrected chi connectivity index (χ2v) is 6.65. The van der Waals surface area contributed by atoms with Crippen LogP contribution in [0.2, 0.25) is 0 Å². The molecule has 4 nitrogen and oxygen atoms in total. The molecule has 1 aromatic heterocycles. The molecule has 3 aromatic rings. The van der Waals surface area contributed by atoms with E-state index in [1.807, 2.05) is 54.2 Å². The highest BCUT2D eigenvalue weighted by Crippen LogP contribution is 2.20. The van der Waals surface area contributed by atoms with Crippen LogP contribution in [0.3, 0.4) is 0 Å². The van der Waals surface area contributed by atoms with Crippen LogP contribution in [0.1, 0.15) is 40.5 Å². The van der Waals surface area contributed by atoms with Gasteiger partial charge in [0.05, 0.1) is 23.1 Å². The van der Waals surface area contributed by atoms with Crippen molar-refractivity contribution in [3.63, 3.8) is 0 Å². The first-order valence-corrected chi connectivity index (χ1v) is 9.03. The van der Waals surface area contributed by atoms with Crippen molar-refractivity contribution in [3.8, 4) is 5.69 Å². The van der Waals surface area contributed by atoms with Gasteiger partial charge in [-0.05, 0) is 36.6 Å². The van der Waals surface area contributed by atoms with E-state index in [1.165, 1.54) is 5.56 Å². The molecule has 4 heteroatoms. The molecule has 134 valence electrons. The van der Waals surface area contributed by atoms with Crippen molar-refractivity contribution in [2.24, 2.45) is 0 Å². The van der Waals surface area contributed by atoms with Gasteiger partial charge >= 0.3 is 0 Å². The molecule has 0 aliphatic heterocycles. The molecule has 0 spiro atoms. The van der Waals surface area contributed by atoms with E-state index in [0.29, 0.717) is 12.1 Å². The Kier molecular flexibility index (Phi) is 5.52. The number of nitrogens with zero attached hydrogens (tertiary/aromatic N) is 3. The lowest BCUT2D eigenvalue weighted by Crippen LogP contribution is -2.27. The lowest BCUT2D eigenvalue weighted by Gasteiger charge is -2.18. The fraction of sp³-hybridized carbons (Fsp3) is 0.273. The van der Waals surface area contributed by atoms with Crippen molar-refractivity contribution in [2.45, 2.75) is 33.2 Å². The Labute approximate surface area is 155 Å². The predicted octanol–water partition coefficient (Wildman–Crippen LogP) is 4.41. The van der Waals surface area contributed by atoms with Crippen molar-refractivity contribution >= 4 is 5.91 Å². The highest BCUT2D eigenvalue weighted by atomic mass is 16.2. The van der Waals surface area contributed by atoms with Gasteiger partial charge in [-0.3, -0.25) is 4.79 Å². The van der Waals surface area contributed by atoms with E-state index in [4.69, 9.17) is 0 Å². The summed E-state index contributed by atoms with van der Waals surface area (Å²) in [7, 11) is 1.84. The van der Waals surface area contributed by atoms with E-state index >= 15 is 0 Å². The Balaban J connectivity index is 1.90. The zero-order valence-electron chi connectivity index (χ0n) is 15.6. The van der Waals surface area contributed by atoms with Crippen LogP contribution in [0, 0.1) is 6.92 Å². The monoisotopic (exact) mass is 347 g/mol. The molecule has 0 radical (unpaired) electrons. The van der Waals surface area contributed by atoms with Gasteiger partial charge in [0.2, 0.25) is 0 Å². The maximum Gasteiger partial charge on any atom is 0.257 e. The van der Waals surface area contributed by atoms with E-state index in [1.54, 1.807) is 11.1 Å². The molecule has 0 bridgehead atoms. The summed E-state index contributed by atoms with van der Waals surface area (Å²) in [4.78, 5) is 14.8. The quantitative estimate of drug-likeness (QED) is 0.662. The summed E-state index contributed by atoms with van der Waals surface area (Å²) in [5.74, 6) is 0.0104. The first-order chi connectivity index (χ1) is 12.6. The fourth-order valence-electron chi connectivity index (χ4n) is 3.15. The maximum atomic E-state index is 13.0. The van der Waals surface area contributed by atoms with Crippen LogP contribution in [0.5, 0.6) is 0 Å². The minimum atomic E-state index is 0.0104. The SMILES string of the molecule is CCCc1c(C(=O)N(C)Cc2ccccc2)cnn1-c1cccc(C)c1. The summed E-state index contributed by atoms with van der Waals surface area (Å²) in [5, 5.41) is 4.53. The second-order valence-electron chi connectivity index (χ2n) is 6.65. The number of hydrogen-bond acceptors (Lipinski definition) is 2. The molecule has 0 unspecified atom stereocenters. The largest absolute Gasteiger partial charge is 0.337 e. The molecule has 26 heavy (non-hydrogen) atoms. The van der Waals surface area contributed by atoms with E-state index in [2.05, 4.69) is 31.1 Å². The summed E-state index contributed by atoms with van der Waals surface area (Å²) in [6.45, 7) is 4.77. The van der Waals surface area contributed by atoms with Crippen molar-refractivity contribution in [1.29, 1.82) is 0 Å². The van der Waals surface area contributed by atoms with Crippen LogP contribution in [0.25, 0.3) is 5.69 Å². The smallest absolute Gasteiger partial charge is 0.257 e. The Morgan fingerprint density at radius 2 is 1.88 bits per heavy atom. The molecule has 1 heterocycles. The maximum absolute atomic E-state index is 13.0. The third-order valence-electron chi connectivity index (χ3n) is 4.44. The molecule has 0 N–H and O–H groups in total. The zero-order valence-corrected chi connectivity index (χ0v) is 15.6. The topological polar surface area (TPSA) is 38.1 Å². The third-order valence-corrected chi connectivity index (χ3v) is 4.44. The number of benzene rings is 2. The minimum absolute atomic E-state index is 0.0104. The van der Waals surface area contributed by atoms with E-state index in [0.717, 1.165) is 29.8 Å². The third kappa shape index (κ3) is 3.85. The summed E-state index contributed by atoms with van der Waals surface area (Å²) in [5.41, 5.74) is 4.95. The second kappa shape index (κ2) is 8.00. The molecule has 2 aromatic carbocycles. The molecule has 0 saturated heterocycles. The Morgan fingerprint density at radius 3 is 2.58 bits per heavy atom. The average Bonchev–Trinajstić information content (AvgIpc) is 3.06. The van der Waals surface area contributed by atoms with Gasteiger partial charge in [-0.25, -0.2) is 4.68 Å². The summed E-state index contributed by atoms with van der Waals surface area (Å²) >= 11 is 0. The Bertz CT molecular complexity index is 883. The van der Waals surface area contributed by atoms with Gasteiger partial charge in [0.15, 0.2) is 0 Å². The molecule has 0 saturated carbocycles. The van der Waals surface area contributed by atoms with Gasteiger partial charge in [0.25, 0.3) is 5.91 Å². The number of aryl methyl sites for hydroxylation is 1. The first kappa shape index (κ1) is 17.9. The Hall–Kier alpha value is -2.88. The number of hydrogen-bond donors (Lipinski definition) is 0. The molecular weight excluding hydrogens is 322 g/mol. The molecular formula is C22H25N3O. The lowest BCUT2D eigenvalue weighted by atomic mass is 10.1.